The zero-order valence-corrected chi connectivity index (χ0v) is 17.6. The lowest BCUT2D eigenvalue weighted by atomic mass is 10.2. The number of benzene rings is 2. The van der Waals surface area contributed by atoms with E-state index in [2.05, 4.69) is 10.3 Å². The average Bonchev–Trinajstić information content (AvgIpc) is 2.68. The lowest BCUT2D eigenvalue weighted by Gasteiger charge is -2.18. The van der Waals surface area contributed by atoms with Crippen LogP contribution in [0.25, 0.3) is 10.9 Å². The monoisotopic (exact) mass is 411 g/mol. The maximum Gasteiger partial charge on any atom is 0.319 e. The van der Waals surface area contributed by atoms with Gasteiger partial charge in [0.15, 0.2) is 0 Å². The number of nitrogens with one attached hydrogen (secondary N) is 1. The van der Waals surface area contributed by atoms with Gasteiger partial charge in [-0.2, -0.15) is 0 Å². The number of anilines is 1. The molecule has 0 amide bonds. The zero-order chi connectivity index (χ0) is 21.0. The van der Waals surface area contributed by atoms with Crippen molar-refractivity contribution >= 4 is 34.3 Å². The minimum absolute atomic E-state index is 0.00415. The first-order chi connectivity index (χ1) is 13.8. The molecule has 1 aromatic heterocycles. The van der Waals surface area contributed by atoms with Gasteiger partial charge in [-0.25, -0.2) is 4.98 Å². The molecule has 0 atom stereocenters. The van der Waals surface area contributed by atoms with Gasteiger partial charge in [-0.05, 0) is 63.6 Å². The highest BCUT2D eigenvalue weighted by molar-refractivity contribution is 8.01. The highest BCUT2D eigenvalue weighted by Gasteiger charge is 2.28. The van der Waals surface area contributed by atoms with Gasteiger partial charge >= 0.3 is 5.97 Å². The molecule has 0 aliphatic heterocycles. The summed E-state index contributed by atoms with van der Waals surface area (Å²) in [6.45, 7) is 6.55. The summed E-state index contributed by atoms with van der Waals surface area (Å²) < 4.78 is 0.853. The van der Waals surface area contributed by atoms with E-state index in [0.717, 1.165) is 28.3 Å². The Labute approximate surface area is 174 Å². The Morgan fingerprint density at radius 2 is 1.86 bits per heavy atom. The standard InChI is InChI=1S/C22H25N3O3S/c1-15-24-19-8-5-4-7-18(19)20(26)25(15)14-6-13-23-16-9-11-17(12-10-16)29-22(2,3)21(27)28/h4-5,7-12,23H,6,13-14H2,1-3H3,(H,27,28). The molecule has 0 radical (unpaired) electrons. The molecular weight excluding hydrogens is 386 g/mol. The second kappa shape index (κ2) is 8.69. The van der Waals surface area contributed by atoms with E-state index in [1.165, 1.54) is 11.8 Å². The van der Waals surface area contributed by atoms with Crippen LogP contribution < -0.4 is 10.9 Å². The van der Waals surface area contributed by atoms with Crippen molar-refractivity contribution in [2.75, 3.05) is 11.9 Å². The Morgan fingerprint density at radius 1 is 1.17 bits per heavy atom. The van der Waals surface area contributed by atoms with Crippen LogP contribution in [0.3, 0.4) is 0 Å². The normalized spacial score (nSPS) is 11.6. The van der Waals surface area contributed by atoms with E-state index in [1.807, 2.05) is 55.5 Å². The van der Waals surface area contributed by atoms with Crippen molar-refractivity contribution < 1.29 is 9.90 Å². The molecule has 0 aliphatic rings. The smallest absolute Gasteiger partial charge is 0.319 e. The predicted octanol–water partition coefficient (Wildman–Crippen LogP) is 4.16. The highest BCUT2D eigenvalue weighted by atomic mass is 32.2. The fourth-order valence-corrected chi connectivity index (χ4v) is 3.94. The van der Waals surface area contributed by atoms with Gasteiger partial charge in [-0.1, -0.05) is 12.1 Å². The topological polar surface area (TPSA) is 84.2 Å². The fraction of sp³-hybridized carbons (Fsp3) is 0.318. The van der Waals surface area contributed by atoms with Crippen molar-refractivity contribution in [2.24, 2.45) is 0 Å². The summed E-state index contributed by atoms with van der Waals surface area (Å²) in [5, 5.41) is 13.2. The van der Waals surface area contributed by atoms with E-state index in [4.69, 9.17) is 0 Å². The number of carboxylic acid groups (broad SMARTS) is 1. The molecular formula is C22H25N3O3S. The largest absolute Gasteiger partial charge is 0.480 e. The third kappa shape index (κ3) is 4.98. The van der Waals surface area contributed by atoms with Crippen molar-refractivity contribution in [1.29, 1.82) is 0 Å². The van der Waals surface area contributed by atoms with Crippen LogP contribution in [0.15, 0.2) is 58.2 Å². The van der Waals surface area contributed by atoms with Gasteiger partial charge in [0.1, 0.15) is 10.6 Å². The van der Waals surface area contributed by atoms with Crippen molar-refractivity contribution in [1.82, 2.24) is 9.55 Å². The van der Waals surface area contributed by atoms with E-state index in [1.54, 1.807) is 18.4 Å². The number of carbonyl (C=O) groups is 1. The first kappa shape index (κ1) is 20.9. The maximum absolute atomic E-state index is 12.7. The summed E-state index contributed by atoms with van der Waals surface area (Å²) in [5.41, 5.74) is 1.69. The SMILES string of the molecule is Cc1nc2ccccc2c(=O)n1CCCNc1ccc(SC(C)(C)C(=O)O)cc1. The summed E-state index contributed by atoms with van der Waals surface area (Å²) in [6, 6.07) is 15.1. The third-order valence-electron chi connectivity index (χ3n) is 4.68. The minimum atomic E-state index is -0.867. The minimum Gasteiger partial charge on any atom is -0.480 e. The van der Waals surface area contributed by atoms with Crippen LogP contribution in [-0.2, 0) is 11.3 Å². The number of rotatable bonds is 8. The molecule has 29 heavy (non-hydrogen) atoms. The number of hydrogen-bond acceptors (Lipinski definition) is 5. The van der Waals surface area contributed by atoms with E-state index in [9.17, 15) is 14.7 Å². The Bertz CT molecular complexity index is 1070. The number of thioether (sulfide) groups is 1. The molecule has 0 unspecified atom stereocenters. The second-order valence-corrected chi connectivity index (χ2v) is 9.05. The quantitative estimate of drug-likeness (QED) is 0.428. The van der Waals surface area contributed by atoms with Crippen molar-refractivity contribution in [3.05, 3.63) is 64.7 Å². The number of para-hydroxylation sites is 1. The maximum atomic E-state index is 12.7. The lowest BCUT2D eigenvalue weighted by Crippen LogP contribution is -2.26. The molecule has 0 fully saturated rings. The summed E-state index contributed by atoms with van der Waals surface area (Å²) in [4.78, 5) is 29.3. The van der Waals surface area contributed by atoms with Gasteiger partial charge in [0.2, 0.25) is 0 Å². The van der Waals surface area contributed by atoms with Gasteiger partial charge in [-0.15, -0.1) is 11.8 Å². The van der Waals surface area contributed by atoms with E-state index >= 15 is 0 Å². The molecule has 2 aromatic carbocycles. The van der Waals surface area contributed by atoms with Crippen LogP contribution >= 0.6 is 11.8 Å². The number of aromatic nitrogens is 2. The van der Waals surface area contributed by atoms with Gasteiger partial charge < -0.3 is 10.4 Å². The fourth-order valence-electron chi connectivity index (χ4n) is 2.99. The van der Waals surface area contributed by atoms with Crippen molar-refractivity contribution in [2.45, 2.75) is 43.4 Å². The van der Waals surface area contributed by atoms with E-state index in [-0.39, 0.29) is 5.56 Å². The first-order valence-corrected chi connectivity index (χ1v) is 10.3. The molecule has 6 nitrogen and oxygen atoms in total. The summed E-state index contributed by atoms with van der Waals surface area (Å²) in [6.07, 6.45) is 0.781. The van der Waals surface area contributed by atoms with E-state index < -0.39 is 10.7 Å². The highest BCUT2D eigenvalue weighted by Crippen LogP contribution is 2.33. The molecule has 0 spiro atoms. The Kier molecular flexibility index (Phi) is 6.27. The molecule has 1 heterocycles. The number of hydrogen-bond donors (Lipinski definition) is 2. The summed E-state index contributed by atoms with van der Waals surface area (Å²) >= 11 is 1.32. The molecule has 0 saturated heterocycles. The lowest BCUT2D eigenvalue weighted by molar-refractivity contribution is -0.138. The van der Waals surface area contributed by atoms with Crippen LogP contribution in [0.1, 0.15) is 26.1 Å². The van der Waals surface area contributed by atoms with Gasteiger partial charge in [0.05, 0.1) is 10.9 Å². The zero-order valence-electron chi connectivity index (χ0n) is 16.8. The van der Waals surface area contributed by atoms with Crippen LogP contribution in [0.2, 0.25) is 0 Å². The summed E-state index contributed by atoms with van der Waals surface area (Å²) in [5.74, 6) is -0.116. The van der Waals surface area contributed by atoms with Crippen LogP contribution in [0, 0.1) is 6.92 Å². The third-order valence-corrected chi connectivity index (χ3v) is 5.88. The molecule has 3 aromatic rings. The van der Waals surface area contributed by atoms with Crippen molar-refractivity contribution in [3.8, 4) is 0 Å². The second-order valence-electron chi connectivity index (χ2n) is 7.36. The number of aryl methyl sites for hydroxylation is 1. The van der Waals surface area contributed by atoms with Gasteiger partial charge in [0.25, 0.3) is 5.56 Å². The Hall–Kier alpha value is -2.80. The molecule has 0 bridgehead atoms. The molecule has 0 saturated carbocycles. The number of fused-ring (bicyclic) bond motifs is 1. The molecule has 0 aliphatic carbocycles. The Morgan fingerprint density at radius 3 is 2.55 bits per heavy atom. The van der Waals surface area contributed by atoms with E-state index in [0.29, 0.717) is 18.5 Å². The number of carboxylic acids is 1. The predicted molar refractivity (Wildman–Crippen MR) is 118 cm³/mol. The first-order valence-electron chi connectivity index (χ1n) is 9.50. The average molecular weight is 412 g/mol. The van der Waals surface area contributed by atoms with Gasteiger partial charge in [-0.3, -0.25) is 14.2 Å². The number of aliphatic carboxylic acids is 1. The van der Waals surface area contributed by atoms with Crippen LogP contribution in [0.5, 0.6) is 0 Å². The molecule has 7 heteroatoms. The van der Waals surface area contributed by atoms with Crippen molar-refractivity contribution in [3.63, 3.8) is 0 Å². The molecule has 152 valence electrons. The van der Waals surface area contributed by atoms with Gasteiger partial charge in [0, 0.05) is 23.7 Å². The van der Waals surface area contributed by atoms with Crippen LogP contribution in [-0.4, -0.2) is 31.9 Å². The summed E-state index contributed by atoms with van der Waals surface area (Å²) in [7, 11) is 0. The van der Waals surface area contributed by atoms with Crippen LogP contribution in [0.4, 0.5) is 5.69 Å². The number of nitrogens with zero attached hydrogens (tertiary/aromatic N) is 2. The molecule has 3 rings (SSSR count). The Balaban J connectivity index is 1.57. The molecule has 2 N–H and O–H groups in total.